The van der Waals surface area contributed by atoms with Gasteiger partial charge in [-0.15, -0.1) is 0 Å². The second kappa shape index (κ2) is 14.7. The maximum atomic E-state index is 13.7. The van der Waals surface area contributed by atoms with Gasteiger partial charge in [0.25, 0.3) is 0 Å². The molecule has 10 heteroatoms. The summed E-state index contributed by atoms with van der Waals surface area (Å²) in [7, 11) is 1.71. The van der Waals surface area contributed by atoms with E-state index >= 15 is 0 Å². The molecule has 0 bridgehead atoms. The molecule has 49 heavy (non-hydrogen) atoms. The van der Waals surface area contributed by atoms with Crippen molar-refractivity contribution >= 4 is 56.6 Å². The van der Waals surface area contributed by atoms with Crippen LogP contribution in [0.1, 0.15) is 19.4 Å². The molecule has 6 rings (SSSR count). The third-order valence-corrected chi connectivity index (χ3v) is 9.04. The first-order valence-corrected chi connectivity index (χ1v) is 16.5. The summed E-state index contributed by atoms with van der Waals surface area (Å²) in [6.45, 7) is 4.15. The Morgan fingerprint density at radius 3 is 2.14 bits per heavy atom. The fourth-order valence-corrected chi connectivity index (χ4v) is 6.24. The minimum atomic E-state index is -0.491. The largest absolute Gasteiger partial charge is 0.488 e. The van der Waals surface area contributed by atoms with Gasteiger partial charge in [-0.1, -0.05) is 79.7 Å². The van der Waals surface area contributed by atoms with E-state index in [1.807, 2.05) is 91.9 Å². The maximum absolute atomic E-state index is 13.7. The van der Waals surface area contributed by atoms with Gasteiger partial charge in [-0.25, -0.2) is 9.59 Å². The highest BCUT2D eigenvalue weighted by molar-refractivity contribution is 6.06. The number of urea groups is 2. The van der Waals surface area contributed by atoms with Crippen molar-refractivity contribution in [2.75, 3.05) is 42.7 Å². The molecule has 252 valence electrons. The van der Waals surface area contributed by atoms with E-state index in [1.54, 1.807) is 42.0 Å². The Labute approximate surface area is 285 Å². The summed E-state index contributed by atoms with van der Waals surface area (Å²) in [5.74, 6) is 0.130. The Kier molecular flexibility index (Phi) is 9.96. The Bertz CT molecular complexity index is 1990. The number of carbonyl (C=O) groups excluding carboxylic acids is 3. The molecule has 10 nitrogen and oxygen atoms in total. The molecule has 4 N–H and O–H groups in total. The van der Waals surface area contributed by atoms with Crippen molar-refractivity contribution in [3.05, 3.63) is 109 Å². The van der Waals surface area contributed by atoms with Gasteiger partial charge < -0.3 is 35.6 Å². The van der Waals surface area contributed by atoms with E-state index in [0.29, 0.717) is 34.9 Å². The van der Waals surface area contributed by atoms with E-state index in [2.05, 4.69) is 16.0 Å². The van der Waals surface area contributed by atoms with Crippen molar-refractivity contribution in [3.8, 4) is 5.75 Å². The molecule has 0 spiro atoms. The Hall–Kier alpha value is -5.61. The lowest BCUT2D eigenvalue weighted by Gasteiger charge is -2.34. The van der Waals surface area contributed by atoms with Crippen molar-refractivity contribution in [1.82, 2.24) is 9.80 Å². The van der Waals surface area contributed by atoms with E-state index in [9.17, 15) is 19.5 Å². The van der Waals surface area contributed by atoms with Gasteiger partial charge in [0.15, 0.2) is 0 Å². The topological polar surface area (TPSA) is 123 Å². The van der Waals surface area contributed by atoms with Crippen LogP contribution in [0.4, 0.5) is 26.7 Å². The second-order valence-corrected chi connectivity index (χ2v) is 12.7. The normalized spacial score (nSPS) is 16.8. The quantitative estimate of drug-likeness (QED) is 0.151. The number of fused-ring (bicyclic) bond motifs is 3. The molecule has 1 aliphatic heterocycles. The first-order chi connectivity index (χ1) is 23.7. The molecule has 0 radical (unpaired) electrons. The SMILES string of the molecule is C[C@@H]1CN([C@H](C)CO)C(=O)Cc2cc(NC(=O)Nc3cccc4ccccc34)ccc2O[C@@H]1CN(C)C(=O)Nc1cccc2ccccc12. The van der Waals surface area contributed by atoms with Gasteiger partial charge >= 0.3 is 12.1 Å². The molecule has 3 atom stereocenters. The zero-order valence-corrected chi connectivity index (χ0v) is 27.9. The summed E-state index contributed by atoms with van der Waals surface area (Å²) in [5.41, 5.74) is 2.47. The number of hydrogen-bond acceptors (Lipinski definition) is 5. The third kappa shape index (κ3) is 7.60. The average molecular weight is 660 g/mol. The molecular weight excluding hydrogens is 618 g/mol. The van der Waals surface area contributed by atoms with Gasteiger partial charge in [-0.05, 0) is 48.0 Å². The highest BCUT2D eigenvalue weighted by Crippen LogP contribution is 2.30. The summed E-state index contributed by atoms with van der Waals surface area (Å²) in [4.78, 5) is 43.4. The molecule has 1 heterocycles. The van der Waals surface area contributed by atoms with Crippen molar-refractivity contribution in [1.29, 1.82) is 0 Å². The number of hydrogen-bond donors (Lipinski definition) is 4. The zero-order chi connectivity index (χ0) is 34.5. The van der Waals surface area contributed by atoms with Gasteiger partial charge in [0.2, 0.25) is 5.91 Å². The summed E-state index contributed by atoms with van der Waals surface area (Å²) < 4.78 is 6.59. The molecule has 0 saturated carbocycles. The zero-order valence-electron chi connectivity index (χ0n) is 27.9. The molecule has 5 aromatic rings. The van der Waals surface area contributed by atoms with Crippen LogP contribution in [0.25, 0.3) is 21.5 Å². The number of rotatable bonds is 7. The van der Waals surface area contributed by atoms with E-state index < -0.39 is 18.2 Å². The highest BCUT2D eigenvalue weighted by Gasteiger charge is 2.32. The molecule has 0 saturated heterocycles. The number of carbonyl (C=O) groups is 3. The van der Waals surface area contributed by atoms with Crippen molar-refractivity contribution in [2.45, 2.75) is 32.4 Å². The number of anilines is 3. The van der Waals surface area contributed by atoms with Gasteiger partial charge in [0.05, 0.1) is 37.0 Å². The molecule has 1 aliphatic rings. The van der Waals surface area contributed by atoms with E-state index in [-0.39, 0.29) is 37.4 Å². The number of ether oxygens (including phenoxy) is 1. The molecule has 0 aliphatic carbocycles. The van der Waals surface area contributed by atoms with Crippen LogP contribution in [0.15, 0.2) is 103 Å². The molecule has 0 unspecified atom stereocenters. The number of nitrogens with zero attached hydrogens (tertiary/aromatic N) is 2. The monoisotopic (exact) mass is 659 g/mol. The standard InChI is InChI=1S/C39H41N5O5/c1-25-22-44(26(2)24-45)37(46)21-29-20-30(40-38(47)41-33-16-8-12-27-10-4-6-14-31(27)33)18-19-35(29)49-36(25)23-43(3)39(48)42-34-17-9-13-28-11-5-7-15-32(28)34/h4-20,25-26,36,45H,21-24H2,1-3H3,(H,42,48)(H2,40,41,47)/t25-,26-,36-/m1/s1. The maximum Gasteiger partial charge on any atom is 0.323 e. The lowest BCUT2D eigenvalue weighted by molar-refractivity contribution is -0.134. The number of nitrogens with one attached hydrogen (secondary N) is 3. The minimum Gasteiger partial charge on any atom is -0.488 e. The van der Waals surface area contributed by atoms with E-state index in [4.69, 9.17) is 4.74 Å². The Morgan fingerprint density at radius 1 is 0.878 bits per heavy atom. The lowest BCUT2D eigenvalue weighted by Crippen LogP contribution is -2.48. The highest BCUT2D eigenvalue weighted by atomic mass is 16.5. The minimum absolute atomic E-state index is 0.0109. The molecule has 0 fully saturated rings. The van der Waals surface area contributed by atoms with Gasteiger partial charge in [0.1, 0.15) is 11.9 Å². The number of benzene rings is 5. The van der Waals surface area contributed by atoms with Gasteiger partial charge in [-0.3, -0.25) is 4.79 Å². The number of likely N-dealkylation sites (N-methyl/N-ethyl adjacent to an activating group) is 1. The molecule has 5 amide bonds. The third-order valence-electron chi connectivity index (χ3n) is 9.04. The second-order valence-electron chi connectivity index (χ2n) is 12.7. The Balaban J connectivity index is 1.22. The van der Waals surface area contributed by atoms with Crippen LogP contribution >= 0.6 is 0 Å². The van der Waals surface area contributed by atoms with Gasteiger partial charge in [0, 0.05) is 41.5 Å². The summed E-state index contributed by atoms with van der Waals surface area (Å²) in [6, 6.07) is 31.2. The molecule has 5 aromatic carbocycles. The number of aliphatic hydroxyl groups is 1. The van der Waals surface area contributed by atoms with Crippen LogP contribution in [-0.2, 0) is 11.2 Å². The molecular formula is C39H41N5O5. The van der Waals surface area contributed by atoms with Crippen LogP contribution < -0.4 is 20.7 Å². The summed E-state index contributed by atoms with van der Waals surface area (Å²) in [5, 5.41) is 22.7. The van der Waals surface area contributed by atoms with Crippen molar-refractivity contribution < 1.29 is 24.2 Å². The average Bonchev–Trinajstić information content (AvgIpc) is 3.15. The van der Waals surface area contributed by atoms with Crippen molar-refractivity contribution in [3.63, 3.8) is 0 Å². The predicted molar refractivity (Wildman–Crippen MR) is 194 cm³/mol. The fourth-order valence-electron chi connectivity index (χ4n) is 6.24. The number of aliphatic hydroxyl groups excluding tert-OH is 1. The van der Waals surface area contributed by atoms with Crippen LogP contribution in [-0.4, -0.2) is 71.8 Å². The summed E-state index contributed by atoms with van der Waals surface area (Å²) in [6.07, 6.45) is -0.480. The van der Waals surface area contributed by atoms with Crippen LogP contribution in [0.5, 0.6) is 5.75 Å². The first kappa shape index (κ1) is 33.3. The molecule has 0 aromatic heterocycles. The fraction of sp³-hybridized carbons (Fsp3) is 0.256. The Morgan fingerprint density at radius 2 is 1.49 bits per heavy atom. The smallest absolute Gasteiger partial charge is 0.323 e. The van der Waals surface area contributed by atoms with Crippen LogP contribution in [0, 0.1) is 5.92 Å². The van der Waals surface area contributed by atoms with Crippen LogP contribution in [0.2, 0.25) is 0 Å². The predicted octanol–water partition coefficient (Wildman–Crippen LogP) is 6.95. The van der Waals surface area contributed by atoms with Crippen LogP contribution in [0.3, 0.4) is 0 Å². The van der Waals surface area contributed by atoms with E-state index in [0.717, 1.165) is 21.5 Å². The first-order valence-electron chi connectivity index (χ1n) is 16.5. The summed E-state index contributed by atoms with van der Waals surface area (Å²) >= 11 is 0. The number of amides is 5. The lowest BCUT2D eigenvalue weighted by atomic mass is 10.0. The van der Waals surface area contributed by atoms with Crippen molar-refractivity contribution in [2.24, 2.45) is 5.92 Å². The van der Waals surface area contributed by atoms with Gasteiger partial charge in [-0.2, -0.15) is 0 Å². The van der Waals surface area contributed by atoms with E-state index in [1.165, 1.54) is 0 Å².